The van der Waals surface area contributed by atoms with Crippen molar-refractivity contribution in [3.05, 3.63) is 35.9 Å². The lowest BCUT2D eigenvalue weighted by Crippen LogP contribution is -3.00. The van der Waals surface area contributed by atoms with E-state index >= 15 is 0 Å². The fraction of sp³-hybridized carbons (Fsp3) is 0.714. The van der Waals surface area contributed by atoms with Gasteiger partial charge >= 0.3 is 0 Å². The zero-order valence-electron chi connectivity index (χ0n) is 16.0. The predicted octanol–water partition coefficient (Wildman–Crippen LogP) is 4.32. The molecule has 0 saturated heterocycles. The van der Waals surface area contributed by atoms with Gasteiger partial charge in [0.2, 0.25) is 4.96 Å². The van der Waals surface area contributed by atoms with Crippen LogP contribution in [0.25, 0.3) is 0 Å². The number of nitrogens with zero attached hydrogens (tertiary/aromatic N) is 1. The Bertz CT molecular complexity index is 411. The van der Waals surface area contributed by atoms with Gasteiger partial charge in [0, 0.05) is 5.56 Å². The number of unbranched alkanes of at least 4 members (excludes halogenated alkanes) is 9. The maximum atomic E-state index is 6.30. The van der Waals surface area contributed by atoms with Crippen molar-refractivity contribution in [2.24, 2.45) is 0 Å². The number of rotatable bonds is 14. The summed E-state index contributed by atoms with van der Waals surface area (Å²) < 4.78 is 0.699. The second-order valence-corrected chi connectivity index (χ2v) is 8.36. The van der Waals surface area contributed by atoms with Crippen molar-refractivity contribution in [2.75, 3.05) is 13.6 Å². The van der Waals surface area contributed by atoms with Crippen molar-refractivity contribution in [3.8, 4) is 0 Å². The number of hydrogen-bond donors (Lipinski definition) is 0. The van der Waals surface area contributed by atoms with E-state index in [9.17, 15) is 0 Å². The van der Waals surface area contributed by atoms with Crippen LogP contribution in [0.5, 0.6) is 0 Å². The number of halogens is 3. The predicted molar refractivity (Wildman–Crippen MR) is 109 cm³/mol. The Hall–Kier alpha value is 0.0500. The minimum absolute atomic E-state index is 0. The van der Waals surface area contributed by atoms with Gasteiger partial charge in [0.1, 0.15) is 6.54 Å². The average molecular weight is 409 g/mol. The van der Waals surface area contributed by atoms with E-state index in [1.165, 1.54) is 69.8 Å². The van der Waals surface area contributed by atoms with E-state index in [2.05, 4.69) is 44.3 Å². The van der Waals surface area contributed by atoms with Gasteiger partial charge in [-0.25, -0.2) is 0 Å². The summed E-state index contributed by atoms with van der Waals surface area (Å²) in [5.74, 6) is 0. The molecule has 0 fully saturated rings. The van der Waals surface area contributed by atoms with E-state index < -0.39 is 0 Å². The first kappa shape index (κ1) is 25.1. The van der Waals surface area contributed by atoms with Crippen LogP contribution in [-0.4, -0.2) is 23.0 Å². The molecular formula is C21H36Cl3N. The Morgan fingerprint density at radius 3 is 1.76 bits per heavy atom. The standard InChI is InChI=1S/C21H36Cl2N.ClH/c1-3-4-5-6-7-8-9-10-11-15-18-24(2,21(22)23)19-20-16-13-12-14-17-20;/h12-14,16-17,21H,3-11,15,18-19H2,1-2H3;1H/q+1;/p-1. The largest absolute Gasteiger partial charge is 1.00 e. The fourth-order valence-electron chi connectivity index (χ4n) is 3.21. The first-order valence-corrected chi connectivity index (χ1v) is 10.6. The number of alkyl halides is 2. The van der Waals surface area contributed by atoms with Crippen LogP contribution >= 0.6 is 23.2 Å². The molecule has 0 spiro atoms. The summed E-state index contributed by atoms with van der Waals surface area (Å²) in [4.78, 5) is -0.372. The molecule has 1 unspecified atom stereocenters. The van der Waals surface area contributed by atoms with Crippen molar-refractivity contribution < 1.29 is 16.9 Å². The van der Waals surface area contributed by atoms with Gasteiger partial charge in [-0.1, -0.05) is 88.6 Å². The average Bonchev–Trinajstić information content (AvgIpc) is 2.57. The lowest BCUT2D eigenvalue weighted by atomic mass is 10.1. The summed E-state index contributed by atoms with van der Waals surface area (Å²) in [5.41, 5.74) is 1.30. The molecule has 1 aromatic rings. The summed E-state index contributed by atoms with van der Waals surface area (Å²) in [6.45, 7) is 4.22. The highest BCUT2D eigenvalue weighted by Crippen LogP contribution is 2.24. The van der Waals surface area contributed by atoms with Gasteiger partial charge in [0.25, 0.3) is 0 Å². The topological polar surface area (TPSA) is 0 Å². The molecule has 0 bridgehead atoms. The zero-order valence-corrected chi connectivity index (χ0v) is 18.3. The van der Waals surface area contributed by atoms with E-state index in [1.807, 2.05) is 0 Å². The second-order valence-electron chi connectivity index (χ2n) is 7.31. The van der Waals surface area contributed by atoms with Crippen molar-refractivity contribution in [1.82, 2.24) is 0 Å². The molecule has 0 amide bonds. The van der Waals surface area contributed by atoms with Crippen LogP contribution in [0.1, 0.15) is 76.7 Å². The Morgan fingerprint density at radius 1 is 0.800 bits per heavy atom. The molecule has 0 aliphatic heterocycles. The first-order valence-electron chi connectivity index (χ1n) is 9.75. The van der Waals surface area contributed by atoms with Gasteiger partial charge in [0.05, 0.1) is 13.6 Å². The number of benzene rings is 1. The van der Waals surface area contributed by atoms with Crippen LogP contribution in [0.3, 0.4) is 0 Å². The molecule has 0 aliphatic carbocycles. The Balaban J connectivity index is 0.00000576. The highest BCUT2D eigenvalue weighted by atomic mass is 35.5. The van der Waals surface area contributed by atoms with E-state index in [-0.39, 0.29) is 17.4 Å². The monoisotopic (exact) mass is 407 g/mol. The van der Waals surface area contributed by atoms with Gasteiger partial charge in [-0.2, -0.15) is 0 Å². The highest BCUT2D eigenvalue weighted by molar-refractivity contribution is 6.43. The van der Waals surface area contributed by atoms with E-state index in [1.54, 1.807) is 0 Å². The SMILES string of the molecule is CCCCCCCCCCCC[N+](C)(Cc1ccccc1)C(Cl)Cl.[Cl-]. The molecule has 146 valence electrons. The minimum atomic E-state index is -0.372. The zero-order chi connectivity index (χ0) is 17.7. The molecule has 0 heterocycles. The smallest absolute Gasteiger partial charge is 0.241 e. The van der Waals surface area contributed by atoms with Gasteiger partial charge in [-0.05, 0) is 36.0 Å². The van der Waals surface area contributed by atoms with Crippen molar-refractivity contribution in [1.29, 1.82) is 0 Å². The molecule has 0 aliphatic rings. The maximum Gasteiger partial charge on any atom is 0.241 e. The molecule has 0 aromatic heterocycles. The van der Waals surface area contributed by atoms with Crippen molar-refractivity contribution >= 4 is 23.2 Å². The lowest BCUT2D eigenvalue weighted by Gasteiger charge is -2.35. The molecule has 25 heavy (non-hydrogen) atoms. The lowest BCUT2D eigenvalue weighted by molar-refractivity contribution is -0.922. The number of hydrogen-bond acceptors (Lipinski definition) is 0. The third-order valence-corrected chi connectivity index (χ3v) is 5.82. The quantitative estimate of drug-likeness (QED) is 0.186. The molecule has 0 N–H and O–H groups in total. The molecule has 1 atom stereocenters. The van der Waals surface area contributed by atoms with E-state index in [0.717, 1.165) is 13.1 Å². The van der Waals surface area contributed by atoms with Gasteiger partial charge in [-0.3, -0.25) is 4.48 Å². The van der Waals surface area contributed by atoms with Gasteiger partial charge in [-0.15, -0.1) is 0 Å². The summed E-state index contributed by atoms with van der Waals surface area (Å²) >= 11 is 12.6. The van der Waals surface area contributed by atoms with Gasteiger partial charge in [0.15, 0.2) is 0 Å². The van der Waals surface area contributed by atoms with Crippen LogP contribution in [-0.2, 0) is 6.54 Å². The molecular weight excluding hydrogens is 373 g/mol. The van der Waals surface area contributed by atoms with Crippen LogP contribution in [0.2, 0.25) is 0 Å². The summed E-state index contributed by atoms with van der Waals surface area (Å²) in [7, 11) is 2.17. The molecule has 0 saturated carbocycles. The Kier molecular flexibility index (Phi) is 15.2. The van der Waals surface area contributed by atoms with Crippen molar-refractivity contribution in [2.45, 2.75) is 82.6 Å². The summed E-state index contributed by atoms with van der Waals surface area (Å²) in [6, 6.07) is 10.5. The molecule has 1 nitrogen and oxygen atoms in total. The second kappa shape index (κ2) is 15.1. The van der Waals surface area contributed by atoms with Crippen LogP contribution in [0.4, 0.5) is 0 Å². The summed E-state index contributed by atoms with van der Waals surface area (Å²) in [6.07, 6.45) is 13.6. The molecule has 4 heteroatoms. The Morgan fingerprint density at radius 2 is 1.28 bits per heavy atom. The van der Waals surface area contributed by atoms with E-state index in [0.29, 0.717) is 4.48 Å². The third-order valence-electron chi connectivity index (χ3n) is 4.88. The first-order chi connectivity index (χ1) is 11.6. The van der Waals surface area contributed by atoms with Crippen LogP contribution in [0.15, 0.2) is 30.3 Å². The van der Waals surface area contributed by atoms with Crippen LogP contribution in [0, 0.1) is 0 Å². The number of quaternary nitrogens is 1. The molecule has 1 aromatic carbocycles. The summed E-state index contributed by atoms with van der Waals surface area (Å²) in [5, 5.41) is 0. The fourth-order valence-corrected chi connectivity index (χ4v) is 3.54. The normalized spacial score (nSPS) is 13.5. The highest BCUT2D eigenvalue weighted by Gasteiger charge is 2.29. The van der Waals surface area contributed by atoms with Gasteiger partial charge < -0.3 is 12.4 Å². The molecule has 1 rings (SSSR count). The Labute approximate surface area is 172 Å². The third kappa shape index (κ3) is 11.4. The van der Waals surface area contributed by atoms with Crippen molar-refractivity contribution in [3.63, 3.8) is 0 Å². The van der Waals surface area contributed by atoms with E-state index in [4.69, 9.17) is 23.2 Å². The molecule has 0 radical (unpaired) electrons. The minimum Gasteiger partial charge on any atom is -1.00 e. The van der Waals surface area contributed by atoms with Crippen LogP contribution < -0.4 is 12.4 Å². The maximum absolute atomic E-state index is 6.30.